The molecule has 0 radical (unpaired) electrons. The van der Waals surface area contributed by atoms with E-state index in [-0.39, 0.29) is 0 Å². The van der Waals surface area contributed by atoms with Gasteiger partial charge in [-0.2, -0.15) is 0 Å². The molecule has 12 heavy (non-hydrogen) atoms. The van der Waals surface area contributed by atoms with Gasteiger partial charge in [-0.3, -0.25) is 0 Å². The van der Waals surface area contributed by atoms with Crippen LogP contribution in [0.2, 0.25) is 0 Å². The van der Waals surface area contributed by atoms with Crippen molar-refractivity contribution in [2.75, 3.05) is 0 Å². The van der Waals surface area contributed by atoms with E-state index >= 15 is 0 Å². The predicted molar refractivity (Wildman–Crippen MR) is 57.2 cm³/mol. The van der Waals surface area contributed by atoms with Crippen LogP contribution in [0.25, 0.3) is 0 Å². The van der Waals surface area contributed by atoms with E-state index in [0.29, 0.717) is 0 Å². The highest BCUT2D eigenvalue weighted by Crippen LogP contribution is 2.05. The Balaban J connectivity index is 3.55. The first-order chi connectivity index (χ1) is 5.81. The van der Waals surface area contributed by atoms with E-state index in [1.54, 1.807) is 0 Å². The minimum Gasteiger partial charge on any atom is -0.0991 e. The molecule has 0 unspecified atom stereocenters. The largest absolute Gasteiger partial charge is 0.0991 e. The second-order valence-corrected chi connectivity index (χ2v) is 3.06. The van der Waals surface area contributed by atoms with E-state index in [9.17, 15) is 0 Å². The SMILES string of the molecule is C=CC=CCC(C)=CCCCC. The van der Waals surface area contributed by atoms with Gasteiger partial charge < -0.3 is 0 Å². The molecule has 0 aliphatic rings. The molecule has 0 aliphatic heterocycles. The van der Waals surface area contributed by atoms with Crippen molar-refractivity contribution in [1.29, 1.82) is 0 Å². The molecule has 0 heterocycles. The van der Waals surface area contributed by atoms with Crippen LogP contribution in [0.1, 0.15) is 39.5 Å². The predicted octanol–water partition coefficient (Wildman–Crippen LogP) is 4.26. The molecule has 0 bridgehead atoms. The lowest BCUT2D eigenvalue weighted by atomic mass is 10.1. The Morgan fingerprint density at radius 2 is 2.17 bits per heavy atom. The van der Waals surface area contributed by atoms with Crippen molar-refractivity contribution in [2.45, 2.75) is 39.5 Å². The van der Waals surface area contributed by atoms with Crippen LogP contribution in [0, 0.1) is 0 Å². The molecule has 0 aromatic heterocycles. The second kappa shape index (κ2) is 8.32. The van der Waals surface area contributed by atoms with Crippen molar-refractivity contribution in [2.24, 2.45) is 0 Å². The van der Waals surface area contributed by atoms with Crippen LogP contribution in [-0.2, 0) is 0 Å². The van der Waals surface area contributed by atoms with Crippen LogP contribution in [0.3, 0.4) is 0 Å². The maximum Gasteiger partial charge on any atom is -0.0138 e. The van der Waals surface area contributed by atoms with Crippen LogP contribution >= 0.6 is 0 Å². The van der Waals surface area contributed by atoms with Gasteiger partial charge in [-0.15, -0.1) is 0 Å². The summed E-state index contributed by atoms with van der Waals surface area (Å²) in [5.41, 5.74) is 1.46. The molecule has 0 rings (SSSR count). The van der Waals surface area contributed by atoms with Gasteiger partial charge in [0.1, 0.15) is 0 Å². The van der Waals surface area contributed by atoms with E-state index in [4.69, 9.17) is 0 Å². The molecule has 0 aromatic carbocycles. The molecule has 0 aliphatic carbocycles. The first-order valence-corrected chi connectivity index (χ1v) is 4.74. The summed E-state index contributed by atoms with van der Waals surface area (Å²) in [6.45, 7) is 8.03. The summed E-state index contributed by atoms with van der Waals surface area (Å²) >= 11 is 0. The molecular formula is C12H20. The molecule has 68 valence electrons. The van der Waals surface area contributed by atoms with Crippen molar-refractivity contribution in [3.05, 3.63) is 36.5 Å². The van der Waals surface area contributed by atoms with Gasteiger partial charge in [-0.25, -0.2) is 0 Å². The fraction of sp³-hybridized carbons (Fsp3) is 0.500. The van der Waals surface area contributed by atoms with E-state index in [2.05, 4.69) is 32.6 Å². The molecule has 0 amide bonds. The van der Waals surface area contributed by atoms with E-state index in [0.717, 1.165) is 6.42 Å². The topological polar surface area (TPSA) is 0 Å². The Labute approximate surface area is 76.7 Å². The summed E-state index contributed by atoms with van der Waals surface area (Å²) in [6.07, 6.45) is 13.2. The Bertz CT molecular complexity index is 161. The Kier molecular flexibility index (Phi) is 7.78. The lowest BCUT2D eigenvalue weighted by molar-refractivity contribution is 0.809. The maximum atomic E-state index is 3.63. The van der Waals surface area contributed by atoms with Gasteiger partial charge in [0.05, 0.1) is 0 Å². The number of rotatable bonds is 6. The molecule has 0 N–H and O–H groups in total. The first kappa shape index (κ1) is 11.2. The Hall–Kier alpha value is -0.780. The smallest absolute Gasteiger partial charge is 0.0138 e. The average molecular weight is 164 g/mol. The summed E-state index contributed by atoms with van der Waals surface area (Å²) in [5, 5.41) is 0. The van der Waals surface area contributed by atoms with Gasteiger partial charge in [0, 0.05) is 0 Å². The van der Waals surface area contributed by atoms with Crippen molar-refractivity contribution < 1.29 is 0 Å². The van der Waals surface area contributed by atoms with Gasteiger partial charge in [0.2, 0.25) is 0 Å². The molecule has 0 spiro atoms. The monoisotopic (exact) mass is 164 g/mol. The highest BCUT2D eigenvalue weighted by atomic mass is 13.9. The van der Waals surface area contributed by atoms with Crippen LogP contribution < -0.4 is 0 Å². The number of allylic oxidation sites excluding steroid dienone is 5. The molecule has 0 saturated carbocycles. The van der Waals surface area contributed by atoms with Crippen molar-refractivity contribution in [3.8, 4) is 0 Å². The summed E-state index contributed by atoms with van der Waals surface area (Å²) in [7, 11) is 0. The zero-order chi connectivity index (χ0) is 9.23. The molecule has 0 aromatic rings. The Morgan fingerprint density at radius 3 is 2.75 bits per heavy atom. The van der Waals surface area contributed by atoms with Gasteiger partial charge in [-0.1, -0.05) is 56.2 Å². The van der Waals surface area contributed by atoms with Crippen LogP contribution in [0.5, 0.6) is 0 Å². The molecule has 0 nitrogen and oxygen atoms in total. The lowest BCUT2D eigenvalue weighted by Gasteiger charge is -1.95. The molecule has 0 atom stereocenters. The number of hydrogen-bond donors (Lipinski definition) is 0. The summed E-state index contributed by atoms with van der Waals surface area (Å²) < 4.78 is 0. The fourth-order valence-corrected chi connectivity index (χ4v) is 0.986. The lowest BCUT2D eigenvalue weighted by Crippen LogP contribution is -1.74. The standard InChI is InChI=1S/C12H20/c1-4-6-8-10-12(3)11-9-7-5-2/h4,6,8,11H,1,5,7,9-10H2,2-3H3. The van der Waals surface area contributed by atoms with E-state index < -0.39 is 0 Å². The van der Waals surface area contributed by atoms with E-state index in [1.807, 2.05) is 12.2 Å². The third-order valence-corrected chi connectivity index (χ3v) is 1.76. The van der Waals surface area contributed by atoms with Crippen molar-refractivity contribution in [1.82, 2.24) is 0 Å². The maximum absolute atomic E-state index is 3.63. The Morgan fingerprint density at radius 1 is 1.42 bits per heavy atom. The van der Waals surface area contributed by atoms with Crippen LogP contribution in [-0.4, -0.2) is 0 Å². The minimum absolute atomic E-state index is 1.07. The quantitative estimate of drug-likeness (QED) is 0.313. The van der Waals surface area contributed by atoms with Crippen molar-refractivity contribution in [3.63, 3.8) is 0 Å². The molecular weight excluding hydrogens is 144 g/mol. The normalized spacial score (nSPS) is 12.3. The van der Waals surface area contributed by atoms with Crippen LogP contribution in [0.4, 0.5) is 0 Å². The second-order valence-electron chi connectivity index (χ2n) is 3.06. The van der Waals surface area contributed by atoms with Gasteiger partial charge in [0.25, 0.3) is 0 Å². The highest BCUT2D eigenvalue weighted by molar-refractivity contribution is 5.07. The van der Waals surface area contributed by atoms with Gasteiger partial charge in [0.15, 0.2) is 0 Å². The zero-order valence-electron chi connectivity index (χ0n) is 8.34. The third-order valence-electron chi connectivity index (χ3n) is 1.76. The molecule has 0 heteroatoms. The van der Waals surface area contributed by atoms with Gasteiger partial charge in [-0.05, 0) is 19.8 Å². The average Bonchev–Trinajstić information content (AvgIpc) is 2.06. The number of unbranched alkanes of at least 4 members (excludes halogenated alkanes) is 2. The first-order valence-electron chi connectivity index (χ1n) is 4.74. The summed E-state index contributed by atoms with van der Waals surface area (Å²) in [5.74, 6) is 0. The molecule has 0 fully saturated rings. The zero-order valence-corrected chi connectivity index (χ0v) is 8.34. The summed E-state index contributed by atoms with van der Waals surface area (Å²) in [6, 6.07) is 0. The minimum atomic E-state index is 1.07. The van der Waals surface area contributed by atoms with Crippen LogP contribution in [0.15, 0.2) is 36.5 Å². The highest BCUT2D eigenvalue weighted by Gasteiger charge is 1.84. The summed E-state index contributed by atoms with van der Waals surface area (Å²) in [4.78, 5) is 0. The van der Waals surface area contributed by atoms with E-state index in [1.165, 1.54) is 24.8 Å². The molecule has 0 saturated heterocycles. The van der Waals surface area contributed by atoms with Gasteiger partial charge >= 0.3 is 0 Å². The van der Waals surface area contributed by atoms with Crippen molar-refractivity contribution >= 4 is 0 Å². The third kappa shape index (κ3) is 7.33. The number of hydrogen-bond acceptors (Lipinski definition) is 0. The fourth-order valence-electron chi connectivity index (χ4n) is 0.986.